The van der Waals surface area contributed by atoms with E-state index in [1.54, 1.807) is 12.1 Å². The highest BCUT2D eigenvalue weighted by Crippen LogP contribution is 2.29. The molecule has 2 aliphatic carbocycles. The molecule has 1 saturated carbocycles. The second-order valence-electron chi connectivity index (χ2n) is 8.24. The molecule has 0 aliphatic heterocycles. The maximum atomic E-state index is 12.1. The molecule has 2 atom stereocenters. The predicted molar refractivity (Wildman–Crippen MR) is 111 cm³/mol. The Labute approximate surface area is 174 Å². The zero-order valence-corrected chi connectivity index (χ0v) is 17.2. The molecule has 1 N–H and O–H groups in total. The summed E-state index contributed by atoms with van der Waals surface area (Å²) in [5.74, 6) is -0.0715. The Morgan fingerprint density at radius 1 is 1.10 bits per heavy atom. The molecule has 0 bridgehead atoms. The smallest absolute Gasteiger partial charge is 0.344 e. The van der Waals surface area contributed by atoms with E-state index in [1.165, 1.54) is 6.42 Å². The number of amides is 1. The molecule has 30 heavy (non-hydrogen) atoms. The third-order valence-corrected chi connectivity index (χ3v) is 6.12. The van der Waals surface area contributed by atoms with Crippen LogP contribution in [0.2, 0.25) is 0 Å². The zero-order valence-electron chi connectivity index (χ0n) is 17.2. The molecule has 160 valence electrons. The average molecular weight is 413 g/mol. The molecule has 0 saturated heterocycles. The van der Waals surface area contributed by atoms with Crippen molar-refractivity contribution in [3.05, 3.63) is 39.7 Å². The number of nitrogens with one attached hydrogen (secondary N) is 1. The van der Waals surface area contributed by atoms with Gasteiger partial charge in [-0.05, 0) is 55.7 Å². The fourth-order valence-electron chi connectivity index (χ4n) is 4.46. The number of esters is 1. The van der Waals surface area contributed by atoms with Crippen LogP contribution in [0.5, 0.6) is 5.75 Å². The minimum Gasteiger partial charge on any atom is -0.482 e. The monoisotopic (exact) mass is 413 g/mol. The Morgan fingerprint density at radius 2 is 1.90 bits per heavy atom. The molecule has 0 radical (unpaired) electrons. The van der Waals surface area contributed by atoms with Gasteiger partial charge in [0, 0.05) is 23.1 Å². The minimum atomic E-state index is -0.627. The molecule has 4 rings (SSSR count). The van der Waals surface area contributed by atoms with E-state index in [1.807, 2.05) is 6.07 Å². The van der Waals surface area contributed by atoms with Gasteiger partial charge in [0.2, 0.25) is 0 Å². The lowest BCUT2D eigenvalue weighted by Gasteiger charge is -2.29. The minimum absolute atomic E-state index is 0.148. The van der Waals surface area contributed by atoms with Crippen molar-refractivity contribution in [1.29, 1.82) is 0 Å². The number of ether oxygens (including phenoxy) is 2. The van der Waals surface area contributed by atoms with Crippen LogP contribution in [0.3, 0.4) is 0 Å². The Bertz CT molecular complexity index is 1010. The van der Waals surface area contributed by atoms with Crippen molar-refractivity contribution in [1.82, 2.24) is 5.32 Å². The number of rotatable bonds is 6. The van der Waals surface area contributed by atoms with Gasteiger partial charge in [-0.25, -0.2) is 9.59 Å². The number of carbonyl (C=O) groups excluding carboxylic acids is 2. The summed E-state index contributed by atoms with van der Waals surface area (Å²) < 4.78 is 15.9. The highest BCUT2D eigenvalue weighted by molar-refractivity contribution is 5.83. The second-order valence-corrected chi connectivity index (χ2v) is 8.24. The van der Waals surface area contributed by atoms with Crippen LogP contribution in [0.4, 0.5) is 0 Å². The van der Waals surface area contributed by atoms with Gasteiger partial charge in [-0.15, -0.1) is 0 Å². The van der Waals surface area contributed by atoms with Crippen molar-refractivity contribution in [2.75, 3.05) is 13.2 Å². The van der Waals surface area contributed by atoms with Gasteiger partial charge in [0.25, 0.3) is 5.91 Å². The number of benzene rings is 1. The molecule has 1 aromatic carbocycles. The largest absolute Gasteiger partial charge is 0.482 e. The van der Waals surface area contributed by atoms with Gasteiger partial charge in [-0.3, -0.25) is 4.79 Å². The molecular formula is C23H27NO6. The Kier molecular flexibility index (Phi) is 6.06. The van der Waals surface area contributed by atoms with Gasteiger partial charge in [0.05, 0.1) is 0 Å². The predicted octanol–water partition coefficient (Wildman–Crippen LogP) is 2.90. The molecule has 1 heterocycles. The van der Waals surface area contributed by atoms with Crippen LogP contribution in [0.15, 0.2) is 27.4 Å². The van der Waals surface area contributed by atoms with Crippen LogP contribution >= 0.6 is 0 Å². The molecule has 1 aromatic heterocycles. The number of aryl methyl sites for hydroxylation is 1. The van der Waals surface area contributed by atoms with Crippen LogP contribution in [-0.4, -0.2) is 31.1 Å². The number of carbonyl (C=O) groups is 2. The van der Waals surface area contributed by atoms with E-state index in [0.717, 1.165) is 55.0 Å². The molecule has 1 fully saturated rings. The van der Waals surface area contributed by atoms with E-state index in [4.69, 9.17) is 13.9 Å². The van der Waals surface area contributed by atoms with E-state index in [2.05, 4.69) is 12.2 Å². The third kappa shape index (κ3) is 4.50. The van der Waals surface area contributed by atoms with Gasteiger partial charge in [-0.1, -0.05) is 19.8 Å². The summed E-state index contributed by atoms with van der Waals surface area (Å²) in [6.07, 6.45) is 6.95. The van der Waals surface area contributed by atoms with Crippen LogP contribution in [0.25, 0.3) is 11.0 Å². The Hall–Kier alpha value is -2.83. The molecule has 7 nitrogen and oxygen atoms in total. The SMILES string of the molecule is C[C@@H]1CCCC[C@@H]1NC(=O)COC(=O)COc1ccc2c3c(c(=O)oc2c1)CCC3. The fraction of sp³-hybridized carbons (Fsp3) is 0.522. The van der Waals surface area contributed by atoms with Crippen LogP contribution in [-0.2, 0) is 27.2 Å². The van der Waals surface area contributed by atoms with Crippen LogP contribution < -0.4 is 15.7 Å². The third-order valence-electron chi connectivity index (χ3n) is 6.12. The first-order chi connectivity index (χ1) is 14.5. The van der Waals surface area contributed by atoms with Crippen molar-refractivity contribution in [3.8, 4) is 5.75 Å². The molecule has 2 aromatic rings. The van der Waals surface area contributed by atoms with Gasteiger partial charge >= 0.3 is 11.6 Å². The van der Waals surface area contributed by atoms with Crippen molar-refractivity contribution in [2.24, 2.45) is 5.92 Å². The topological polar surface area (TPSA) is 94.8 Å². The quantitative estimate of drug-likeness (QED) is 0.578. The van der Waals surface area contributed by atoms with Gasteiger partial charge in [0.15, 0.2) is 13.2 Å². The fourth-order valence-corrected chi connectivity index (χ4v) is 4.46. The average Bonchev–Trinajstić information content (AvgIpc) is 3.23. The zero-order chi connectivity index (χ0) is 21.1. The number of hydrogen-bond donors (Lipinski definition) is 1. The Morgan fingerprint density at radius 3 is 2.73 bits per heavy atom. The van der Waals surface area contributed by atoms with E-state index in [-0.39, 0.29) is 30.8 Å². The summed E-state index contributed by atoms with van der Waals surface area (Å²) >= 11 is 0. The van der Waals surface area contributed by atoms with Crippen LogP contribution in [0.1, 0.15) is 50.2 Å². The lowest BCUT2D eigenvalue weighted by molar-refractivity contribution is -0.150. The number of hydrogen-bond acceptors (Lipinski definition) is 6. The van der Waals surface area contributed by atoms with E-state index < -0.39 is 5.97 Å². The molecule has 2 aliphatic rings. The molecular weight excluding hydrogens is 386 g/mol. The summed E-state index contributed by atoms with van der Waals surface area (Å²) in [5, 5.41) is 3.85. The maximum Gasteiger partial charge on any atom is 0.344 e. The lowest BCUT2D eigenvalue weighted by Crippen LogP contribution is -2.43. The first-order valence-corrected chi connectivity index (χ1v) is 10.7. The number of fused-ring (bicyclic) bond motifs is 3. The highest BCUT2D eigenvalue weighted by Gasteiger charge is 2.23. The first-order valence-electron chi connectivity index (χ1n) is 10.7. The highest BCUT2D eigenvalue weighted by atomic mass is 16.6. The molecule has 1 amide bonds. The van der Waals surface area contributed by atoms with Crippen molar-refractivity contribution in [2.45, 2.75) is 57.9 Å². The van der Waals surface area contributed by atoms with Crippen molar-refractivity contribution in [3.63, 3.8) is 0 Å². The summed E-state index contributed by atoms with van der Waals surface area (Å²) in [7, 11) is 0. The van der Waals surface area contributed by atoms with Crippen molar-refractivity contribution < 1.29 is 23.5 Å². The van der Waals surface area contributed by atoms with Gasteiger partial charge in [-0.2, -0.15) is 0 Å². The Balaban J connectivity index is 1.28. The maximum absolute atomic E-state index is 12.1. The van der Waals surface area contributed by atoms with E-state index >= 15 is 0 Å². The summed E-state index contributed by atoms with van der Waals surface area (Å²) in [6.45, 7) is 1.49. The second kappa shape index (κ2) is 8.90. The van der Waals surface area contributed by atoms with E-state index in [0.29, 0.717) is 17.3 Å². The standard InChI is InChI=1S/C23H27NO6/c1-14-5-2-3-8-19(14)24-21(25)12-29-22(26)13-28-15-9-10-17-16-6-4-7-18(16)23(27)30-20(17)11-15/h9-11,14,19H,2-8,12-13H2,1H3,(H,24,25)/t14-,19+/m1/s1. The first kappa shape index (κ1) is 20.4. The summed E-state index contributed by atoms with van der Waals surface area (Å²) in [5.41, 5.74) is 1.96. The summed E-state index contributed by atoms with van der Waals surface area (Å²) in [4.78, 5) is 36.1. The normalized spacial score (nSPS) is 20.6. The molecule has 0 unspecified atom stereocenters. The molecule has 0 spiro atoms. The van der Waals surface area contributed by atoms with Crippen LogP contribution in [0, 0.1) is 5.92 Å². The van der Waals surface area contributed by atoms with E-state index in [9.17, 15) is 14.4 Å². The van der Waals surface area contributed by atoms with Gasteiger partial charge < -0.3 is 19.2 Å². The molecule has 7 heteroatoms. The van der Waals surface area contributed by atoms with Crippen molar-refractivity contribution >= 4 is 22.8 Å². The summed E-state index contributed by atoms with van der Waals surface area (Å²) in [6, 6.07) is 5.35. The van der Waals surface area contributed by atoms with Gasteiger partial charge in [0.1, 0.15) is 11.3 Å². The lowest BCUT2D eigenvalue weighted by atomic mass is 9.86.